The Labute approximate surface area is 187 Å². The van der Waals surface area contributed by atoms with Gasteiger partial charge in [0.05, 0.1) is 25.6 Å². The largest absolute Gasteiger partial charge is 0.493 e. The summed E-state index contributed by atoms with van der Waals surface area (Å²) in [6.45, 7) is 0.407. The molecule has 6 heteroatoms. The van der Waals surface area contributed by atoms with Gasteiger partial charge in [0, 0.05) is 36.5 Å². The molecule has 0 atom stereocenters. The topological polar surface area (TPSA) is 56.6 Å². The summed E-state index contributed by atoms with van der Waals surface area (Å²) in [6.07, 6.45) is 1.98. The van der Waals surface area contributed by atoms with Crippen LogP contribution < -0.4 is 9.47 Å². The van der Waals surface area contributed by atoms with Gasteiger partial charge in [0.15, 0.2) is 11.5 Å². The molecule has 6 nitrogen and oxygen atoms in total. The summed E-state index contributed by atoms with van der Waals surface area (Å²) in [5.74, 6) is 0.994. The number of hydrogen-bond acceptors (Lipinski definition) is 4. The molecule has 0 saturated carbocycles. The zero-order valence-corrected chi connectivity index (χ0v) is 18.4. The first-order valence-corrected chi connectivity index (χ1v) is 10.3. The van der Waals surface area contributed by atoms with Gasteiger partial charge in [-0.2, -0.15) is 5.10 Å². The Hall–Kier alpha value is -4.06. The molecule has 32 heavy (non-hydrogen) atoms. The minimum Gasteiger partial charge on any atom is -0.493 e. The number of nitrogens with zero attached hydrogens (tertiary/aromatic N) is 3. The fourth-order valence-corrected chi connectivity index (χ4v) is 3.59. The predicted molar refractivity (Wildman–Crippen MR) is 124 cm³/mol. The van der Waals surface area contributed by atoms with E-state index < -0.39 is 0 Å². The van der Waals surface area contributed by atoms with E-state index in [2.05, 4.69) is 0 Å². The van der Waals surface area contributed by atoms with Crippen LogP contribution in [0.3, 0.4) is 0 Å². The molecule has 0 spiro atoms. The minimum atomic E-state index is -0.113. The van der Waals surface area contributed by atoms with Crippen molar-refractivity contribution in [2.45, 2.75) is 6.54 Å². The maximum absolute atomic E-state index is 13.1. The Morgan fingerprint density at radius 1 is 0.906 bits per heavy atom. The van der Waals surface area contributed by atoms with Crippen LogP contribution in [-0.2, 0) is 6.54 Å². The van der Waals surface area contributed by atoms with Crippen LogP contribution in [0.25, 0.3) is 16.9 Å². The zero-order chi connectivity index (χ0) is 22.5. The Balaban J connectivity index is 1.65. The van der Waals surface area contributed by atoms with Gasteiger partial charge in [0.1, 0.15) is 0 Å². The highest BCUT2D eigenvalue weighted by atomic mass is 16.5. The molecule has 4 rings (SSSR count). The number of methoxy groups -OCH3 is 2. The van der Waals surface area contributed by atoms with Crippen molar-refractivity contribution in [3.8, 4) is 28.4 Å². The first-order chi connectivity index (χ1) is 15.6. The number of hydrogen-bond donors (Lipinski definition) is 0. The fourth-order valence-electron chi connectivity index (χ4n) is 3.59. The number of carbonyl (C=O) groups is 1. The van der Waals surface area contributed by atoms with Gasteiger partial charge in [-0.1, -0.05) is 48.5 Å². The molecule has 1 heterocycles. The van der Waals surface area contributed by atoms with Crippen LogP contribution in [0, 0.1) is 0 Å². The molecular weight excluding hydrogens is 402 g/mol. The van der Waals surface area contributed by atoms with Crippen LogP contribution >= 0.6 is 0 Å². The predicted octanol–water partition coefficient (Wildman–Crippen LogP) is 4.83. The molecule has 1 aromatic heterocycles. The van der Waals surface area contributed by atoms with Gasteiger partial charge in [-0.3, -0.25) is 4.79 Å². The highest BCUT2D eigenvalue weighted by molar-refractivity contribution is 5.94. The molecule has 162 valence electrons. The van der Waals surface area contributed by atoms with E-state index in [1.165, 1.54) is 0 Å². The summed E-state index contributed by atoms with van der Waals surface area (Å²) in [6, 6.07) is 25.1. The second kappa shape index (κ2) is 9.39. The van der Waals surface area contributed by atoms with Gasteiger partial charge in [0.25, 0.3) is 5.91 Å². The van der Waals surface area contributed by atoms with Crippen LogP contribution in [0.1, 0.15) is 15.9 Å². The molecule has 0 radical (unpaired) electrons. The summed E-state index contributed by atoms with van der Waals surface area (Å²) in [4.78, 5) is 14.8. The number of amides is 1. The molecule has 0 unspecified atom stereocenters. The highest BCUT2D eigenvalue weighted by Gasteiger charge is 2.19. The van der Waals surface area contributed by atoms with Crippen LogP contribution in [0.15, 0.2) is 85.1 Å². The van der Waals surface area contributed by atoms with Crippen LogP contribution in [0.5, 0.6) is 11.5 Å². The van der Waals surface area contributed by atoms with Crippen LogP contribution in [-0.4, -0.2) is 41.9 Å². The molecule has 3 aromatic carbocycles. The molecular formula is C26H25N3O3. The molecule has 0 aliphatic heterocycles. The number of rotatable bonds is 7. The van der Waals surface area contributed by atoms with Gasteiger partial charge >= 0.3 is 0 Å². The van der Waals surface area contributed by atoms with Crippen molar-refractivity contribution in [3.05, 3.63) is 96.2 Å². The van der Waals surface area contributed by atoms with Gasteiger partial charge < -0.3 is 14.4 Å². The van der Waals surface area contributed by atoms with E-state index in [0.717, 1.165) is 22.5 Å². The van der Waals surface area contributed by atoms with Crippen molar-refractivity contribution in [1.82, 2.24) is 14.7 Å². The first kappa shape index (κ1) is 21.2. The lowest BCUT2D eigenvalue weighted by Gasteiger charge is -2.18. The molecule has 0 aliphatic carbocycles. The second-order valence-corrected chi connectivity index (χ2v) is 7.38. The average molecular weight is 428 g/mol. The monoisotopic (exact) mass is 427 g/mol. The molecule has 0 fully saturated rings. The SMILES string of the molecule is COc1ccc(C(=O)N(C)Cc2cn(-c3ccccc3)nc2-c2ccccc2)cc1OC. The normalized spacial score (nSPS) is 10.6. The van der Waals surface area contributed by atoms with E-state index in [1.54, 1.807) is 44.4 Å². The smallest absolute Gasteiger partial charge is 0.254 e. The van der Waals surface area contributed by atoms with E-state index >= 15 is 0 Å². The Kier molecular flexibility index (Phi) is 6.22. The van der Waals surface area contributed by atoms with Crippen molar-refractivity contribution in [2.75, 3.05) is 21.3 Å². The maximum atomic E-state index is 13.1. The van der Waals surface area contributed by atoms with Crippen LogP contribution in [0.4, 0.5) is 0 Å². The third-order valence-electron chi connectivity index (χ3n) is 5.24. The lowest BCUT2D eigenvalue weighted by atomic mass is 10.1. The Bertz CT molecular complexity index is 1200. The summed E-state index contributed by atoms with van der Waals surface area (Å²) in [5, 5.41) is 4.83. The van der Waals surface area contributed by atoms with Gasteiger partial charge in [-0.15, -0.1) is 0 Å². The van der Waals surface area contributed by atoms with E-state index in [9.17, 15) is 4.79 Å². The number of ether oxygens (including phenoxy) is 2. The molecule has 0 aliphatic rings. The van der Waals surface area contributed by atoms with Gasteiger partial charge in [0.2, 0.25) is 0 Å². The number of carbonyl (C=O) groups excluding carboxylic acids is 1. The van der Waals surface area contributed by atoms with E-state index in [0.29, 0.717) is 23.6 Å². The summed E-state index contributed by atoms with van der Waals surface area (Å²) < 4.78 is 12.5. The Morgan fingerprint density at radius 2 is 1.56 bits per heavy atom. The summed E-state index contributed by atoms with van der Waals surface area (Å²) in [7, 11) is 4.91. The number of aromatic nitrogens is 2. The van der Waals surface area contributed by atoms with Crippen molar-refractivity contribution in [2.24, 2.45) is 0 Å². The maximum Gasteiger partial charge on any atom is 0.254 e. The third-order valence-corrected chi connectivity index (χ3v) is 5.24. The average Bonchev–Trinajstić information content (AvgIpc) is 3.27. The molecule has 0 saturated heterocycles. The minimum absolute atomic E-state index is 0.113. The molecule has 0 N–H and O–H groups in total. The van der Waals surface area contributed by atoms with Gasteiger partial charge in [-0.05, 0) is 30.3 Å². The van der Waals surface area contributed by atoms with Crippen molar-refractivity contribution in [1.29, 1.82) is 0 Å². The Morgan fingerprint density at radius 3 is 2.22 bits per heavy atom. The summed E-state index contributed by atoms with van der Waals surface area (Å²) in [5.41, 5.74) is 4.30. The molecule has 1 amide bonds. The molecule has 0 bridgehead atoms. The van der Waals surface area contributed by atoms with Crippen molar-refractivity contribution in [3.63, 3.8) is 0 Å². The number of benzene rings is 3. The van der Waals surface area contributed by atoms with E-state index in [-0.39, 0.29) is 5.91 Å². The summed E-state index contributed by atoms with van der Waals surface area (Å²) >= 11 is 0. The van der Waals surface area contributed by atoms with E-state index in [1.807, 2.05) is 71.5 Å². The number of para-hydroxylation sites is 1. The highest BCUT2D eigenvalue weighted by Crippen LogP contribution is 2.29. The van der Waals surface area contributed by atoms with Crippen LogP contribution in [0.2, 0.25) is 0 Å². The molecule has 4 aromatic rings. The fraction of sp³-hybridized carbons (Fsp3) is 0.154. The first-order valence-electron chi connectivity index (χ1n) is 10.3. The third kappa shape index (κ3) is 4.34. The lowest BCUT2D eigenvalue weighted by molar-refractivity contribution is 0.0785. The standard InChI is InChI=1S/C26H25N3O3/c1-28(26(30)20-14-15-23(31-2)24(16-20)32-3)17-21-18-29(22-12-8-5-9-13-22)27-25(21)19-10-6-4-7-11-19/h4-16,18H,17H2,1-3H3. The van der Waals surface area contributed by atoms with Crippen molar-refractivity contribution >= 4 is 5.91 Å². The second-order valence-electron chi connectivity index (χ2n) is 7.38. The van der Waals surface area contributed by atoms with E-state index in [4.69, 9.17) is 14.6 Å². The van der Waals surface area contributed by atoms with Gasteiger partial charge in [-0.25, -0.2) is 4.68 Å². The van der Waals surface area contributed by atoms with Crippen molar-refractivity contribution < 1.29 is 14.3 Å². The zero-order valence-electron chi connectivity index (χ0n) is 18.4. The quantitative estimate of drug-likeness (QED) is 0.424. The lowest BCUT2D eigenvalue weighted by Crippen LogP contribution is -2.26.